The number of hydrogen-bond acceptors (Lipinski definition) is 4. The van der Waals surface area contributed by atoms with E-state index in [1.807, 2.05) is 0 Å². The molecule has 0 saturated carbocycles. The minimum absolute atomic E-state index is 0.0775. The lowest BCUT2D eigenvalue weighted by Gasteiger charge is -2.22. The van der Waals surface area contributed by atoms with Crippen LogP contribution in [0.5, 0.6) is 5.75 Å². The monoisotopic (exact) mass is 319 g/mol. The molecule has 1 aromatic carbocycles. The molecule has 0 aliphatic carbocycles. The van der Waals surface area contributed by atoms with Crippen LogP contribution in [0, 0.1) is 11.2 Å². The molecule has 0 aromatic heterocycles. The highest BCUT2D eigenvalue weighted by molar-refractivity contribution is 9.10. The summed E-state index contributed by atoms with van der Waals surface area (Å²) in [6.07, 6.45) is 0. The van der Waals surface area contributed by atoms with Crippen molar-refractivity contribution < 1.29 is 18.7 Å². The summed E-state index contributed by atoms with van der Waals surface area (Å²) in [7, 11) is 1.31. The number of halogens is 2. The number of methoxy groups -OCH3 is 1. The van der Waals surface area contributed by atoms with Gasteiger partial charge in [0.1, 0.15) is 12.4 Å². The lowest BCUT2D eigenvalue weighted by molar-refractivity contribution is -0.152. The Hall–Kier alpha value is -1.30. The number of benzene rings is 1. The molecule has 0 heterocycles. The Morgan fingerprint density at radius 2 is 2.11 bits per heavy atom. The second-order valence-corrected chi connectivity index (χ2v) is 5.32. The van der Waals surface area contributed by atoms with E-state index >= 15 is 0 Å². The van der Waals surface area contributed by atoms with Crippen molar-refractivity contribution in [3.05, 3.63) is 22.4 Å². The fourth-order valence-electron chi connectivity index (χ4n) is 1.32. The summed E-state index contributed by atoms with van der Waals surface area (Å²) in [5, 5.41) is 0. The number of carbonyl (C=O) groups excluding carboxylic acids is 1. The predicted octanol–water partition coefficient (Wildman–Crippen LogP) is 2.75. The van der Waals surface area contributed by atoms with Gasteiger partial charge in [-0.25, -0.2) is 4.39 Å². The maximum Gasteiger partial charge on any atom is 0.314 e. The van der Waals surface area contributed by atoms with E-state index in [4.69, 9.17) is 10.5 Å². The van der Waals surface area contributed by atoms with Gasteiger partial charge in [0.15, 0.2) is 5.75 Å². The van der Waals surface area contributed by atoms with E-state index in [9.17, 15) is 9.18 Å². The van der Waals surface area contributed by atoms with Gasteiger partial charge in [-0.05, 0) is 35.8 Å². The molecule has 0 saturated heterocycles. The summed E-state index contributed by atoms with van der Waals surface area (Å²) < 4.78 is 23.6. The van der Waals surface area contributed by atoms with Crippen LogP contribution in [-0.2, 0) is 9.53 Å². The zero-order valence-electron chi connectivity index (χ0n) is 10.4. The van der Waals surface area contributed by atoms with Gasteiger partial charge in [-0.2, -0.15) is 0 Å². The van der Waals surface area contributed by atoms with Gasteiger partial charge in [0.25, 0.3) is 0 Å². The fraction of sp³-hybridized carbons (Fsp3) is 0.417. The molecule has 0 aliphatic rings. The van der Waals surface area contributed by atoms with E-state index in [0.29, 0.717) is 10.2 Å². The van der Waals surface area contributed by atoms with Crippen molar-refractivity contribution in [2.24, 2.45) is 5.41 Å². The van der Waals surface area contributed by atoms with Crippen molar-refractivity contribution in [2.75, 3.05) is 19.5 Å². The average Bonchev–Trinajstić information content (AvgIpc) is 2.26. The molecule has 0 fully saturated rings. The van der Waals surface area contributed by atoms with Crippen molar-refractivity contribution in [2.45, 2.75) is 13.8 Å². The first-order valence-corrected chi connectivity index (χ1v) is 6.03. The number of nitrogen functional groups attached to an aromatic ring is 1. The standard InChI is InChI=1S/C12H15BrFNO3/c1-12(2,11(16)17-3)6-18-10-8(13)4-7(14)5-9(10)15/h4-5H,6,15H2,1-3H3. The third-order valence-electron chi connectivity index (χ3n) is 2.35. The predicted molar refractivity (Wildman–Crippen MR) is 69.8 cm³/mol. The number of esters is 1. The largest absolute Gasteiger partial charge is 0.489 e. The Kier molecular flexibility index (Phi) is 4.56. The minimum atomic E-state index is -0.810. The molecule has 0 unspecified atom stereocenters. The zero-order chi connectivity index (χ0) is 13.9. The topological polar surface area (TPSA) is 61.5 Å². The fourth-order valence-corrected chi connectivity index (χ4v) is 1.88. The molecule has 1 aromatic rings. The van der Waals surface area contributed by atoms with E-state index in [1.165, 1.54) is 13.2 Å². The van der Waals surface area contributed by atoms with Gasteiger partial charge in [0.05, 0.1) is 22.7 Å². The third kappa shape index (κ3) is 3.35. The lowest BCUT2D eigenvalue weighted by atomic mass is 9.95. The number of rotatable bonds is 4. The highest BCUT2D eigenvalue weighted by atomic mass is 79.9. The number of carbonyl (C=O) groups is 1. The van der Waals surface area contributed by atoms with Crippen LogP contribution in [0.2, 0.25) is 0 Å². The molecule has 0 bridgehead atoms. The molecule has 4 nitrogen and oxygen atoms in total. The summed E-state index contributed by atoms with van der Waals surface area (Å²) in [5.41, 5.74) is 5.01. The first-order chi connectivity index (χ1) is 8.27. The molecule has 2 N–H and O–H groups in total. The molecule has 1 rings (SSSR count). The lowest BCUT2D eigenvalue weighted by Crippen LogP contribution is -2.32. The summed E-state index contributed by atoms with van der Waals surface area (Å²) in [6.45, 7) is 3.45. The van der Waals surface area contributed by atoms with Crippen LogP contribution >= 0.6 is 15.9 Å². The molecule has 0 aliphatic heterocycles. The maximum absolute atomic E-state index is 13.0. The first kappa shape index (κ1) is 14.8. The van der Waals surface area contributed by atoms with Crippen LogP contribution in [0.15, 0.2) is 16.6 Å². The second kappa shape index (κ2) is 5.56. The third-order valence-corrected chi connectivity index (χ3v) is 2.94. The van der Waals surface area contributed by atoms with Gasteiger partial charge in [-0.1, -0.05) is 0 Å². The molecule has 0 amide bonds. The van der Waals surface area contributed by atoms with Gasteiger partial charge >= 0.3 is 5.97 Å². The first-order valence-electron chi connectivity index (χ1n) is 5.23. The van der Waals surface area contributed by atoms with Gasteiger partial charge < -0.3 is 15.2 Å². The molecule has 0 atom stereocenters. The van der Waals surface area contributed by atoms with Crippen LogP contribution < -0.4 is 10.5 Å². The molecular formula is C12H15BrFNO3. The van der Waals surface area contributed by atoms with Gasteiger partial charge in [-0.15, -0.1) is 0 Å². The van der Waals surface area contributed by atoms with Crippen molar-refractivity contribution in [1.29, 1.82) is 0 Å². The maximum atomic E-state index is 13.0. The number of hydrogen-bond donors (Lipinski definition) is 1. The molecule has 0 spiro atoms. The van der Waals surface area contributed by atoms with E-state index in [2.05, 4.69) is 20.7 Å². The average molecular weight is 320 g/mol. The number of nitrogens with two attached hydrogens (primary N) is 1. The Morgan fingerprint density at radius 3 is 2.61 bits per heavy atom. The normalized spacial score (nSPS) is 11.2. The Labute approximate surface area is 113 Å². The second-order valence-electron chi connectivity index (χ2n) is 4.47. The van der Waals surface area contributed by atoms with Crippen molar-refractivity contribution in [3.8, 4) is 5.75 Å². The SMILES string of the molecule is COC(=O)C(C)(C)COc1c(N)cc(F)cc1Br. The molecule has 100 valence electrons. The molecule has 0 radical (unpaired) electrons. The van der Waals surface area contributed by atoms with Crippen LogP contribution in [0.4, 0.5) is 10.1 Å². The quantitative estimate of drug-likeness (QED) is 0.684. The van der Waals surface area contributed by atoms with E-state index < -0.39 is 11.2 Å². The highest BCUT2D eigenvalue weighted by Gasteiger charge is 2.30. The van der Waals surface area contributed by atoms with E-state index in [-0.39, 0.29) is 18.3 Å². The molecular weight excluding hydrogens is 305 g/mol. The van der Waals surface area contributed by atoms with Crippen molar-refractivity contribution in [3.63, 3.8) is 0 Å². The Balaban J connectivity index is 2.84. The van der Waals surface area contributed by atoms with Crippen molar-refractivity contribution >= 4 is 27.6 Å². The summed E-state index contributed by atoms with van der Waals surface area (Å²) in [6, 6.07) is 2.40. The van der Waals surface area contributed by atoms with Crippen molar-refractivity contribution in [1.82, 2.24) is 0 Å². The van der Waals surface area contributed by atoms with Gasteiger partial charge in [0, 0.05) is 6.07 Å². The number of anilines is 1. The summed E-state index contributed by atoms with van der Waals surface area (Å²) in [4.78, 5) is 11.5. The van der Waals surface area contributed by atoms with Gasteiger partial charge in [0.2, 0.25) is 0 Å². The van der Waals surface area contributed by atoms with E-state index in [0.717, 1.165) is 6.07 Å². The minimum Gasteiger partial charge on any atom is -0.489 e. The zero-order valence-corrected chi connectivity index (χ0v) is 12.0. The van der Waals surface area contributed by atoms with Crippen LogP contribution in [0.1, 0.15) is 13.8 Å². The smallest absolute Gasteiger partial charge is 0.314 e. The summed E-state index contributed by atoms with van der Waals surface area (Å²) in [5.74, 6) is -0.536. The van der Waals surface area contributed by atoms with Crippen LogP contribution in [0.3, 0.4) is 0 Å². The molecule has 6 heteroatoms. The highest BCUT2D eigenvalue weighted by Crippen LogP contribution is 2.33. The number of ether oxygens (including phenoxy) is 2. The van der Waals surface area contributed by atoms with Gasteiger partial charge in [-0.3, -0.25) is 4.79 Å². The van der Waals surface area contributed by atoms with E-state index in [1.54, 1.807) is 13.8 Å². The Bertz CT molecular complexity index is 440. The molecule has 18 heavy (non-hydrogen) atoms. The summed E-state index contributed by atoms with van der Waals surface area (Å²) >= 11 is 3.16. The van der Waals surface area contributed by atoms with Crippen LogP contribution in [-0.4, -0.2) is 19.7 Å². The van der Waals surface area contributed by atoms with Crippen LogP contribution in [0.25, 0.3) is 0 Å². The Morgan fingerprint density at radius 1 is 1.50 bits per heavy atom.